The van der Waals surface area contributed by atoms with Crippen molar-refractivity contribution in [1.29, 1.82) is 0 Å². The van der Waals surface area contributed by atoms with Crippen molar-refractivity contribution in [2.75, 3.05) is 0 Å². The van der Waals surface area contributed by atoms with Crippen LogP contribution in [0, 0.1) is 5.41 Å². The van der Waals surface area contributed by atoms with E-state index in [0.29, 0.717) is 0 Å². The third-order valence-electron chi connectivity index (χ3n) is 2.23. The summed E-state index contributed by atoms with van der Waals surface area (Å²) < 4.78 is 12.9. The zero-order chi connectivity index (χ0) is 11.4. The molecule has 0 aromatic rings. The molecule has 0 amide bonds. The van der Waals surface area contributed by atoms with Crippen LogP contribution in [-0.4, -0.2) is 10.7 Å². The molecule has 1 unspecified atom stereocenters. The Labute approximate surface area is 95.0 Å². The first-order chi connectivity index (χ1) is 6.35. The number of alkyl halides is 1. The van der Waals surface area contributed by atoms with E-state index >= 15 is 0 Å². The maximum Gasteiger partial charge on any atom is 0.160 e. The van der Waals surface area contributed by atoms with Crippen molar-refractivity contribution >= 4 is 28.4 Å². The molecule has 0 aliphatic heterocycles. The number of aliphatic imine (C=N–C) groups is 1. The van der Waals surface area contributed by atoms with Crippen LogP contribution >= 0.6 is 23.2 Å². The highest BCUT2D eigenvalue weighted by Crippen LogP contribution is 2.30. The van der Waals surface area contributed by atoms with Crippen molar-refractivity contribution < 1.29 is 4.39 Å². The van der Waals surface area contributed by atoms with Crippen molar-refractivity contribution in [3.8, 4) is 0 Å². The van der Waals surface area contributed by atoms with Gasteiger partial charge in [0.1, 0.15) is 5.50 Å². The topological polar surface area (TPSA) is 12.4 Å². The van der Waals surface area contributed by atoms with Crippen molar-refractivity contribution in [3.63, 3.8) is 0 Å². The first-order valence-corrected chi connectivity index (χ1v) is 5.36. The van der Waals surface area contributed by atoms with Crippen LogP contribution < -0.4 is 0 Å². The van der Waals surface area contributed by atoms with Gasteiger partial charge in [0, 0.05) is 5.41 Å². The smallest absolute Gasteiger partial charge is 0.160 e. The predicted molar refractivity (Wildman–Crippen MR) is 61.9 cm³/mol. The van der Waals surface area contributed by atoms with Crippen LogP contribution in [0.25, 0.3) is 0 Å². The molecule has 82 valence electrons. The molecule has 0 aromatic heterocycles. The van der Waals surface area contributed by atoms with Gasteiger partial charge in [-0.3, -0.25) is 4.99 Å². The first kappa shape index (κ1) is 13.9. The summed E-state index contributed by atoms with van der Waals surface area (Å²) in [6.45, 7) is 7.49. The molecule has 1 atom stereocenters. The maximum atomic E-state index is 12.9. The number of nitrogens with zero attached hydrogens (tertiary/aromatic N) is 1. The van der Waals surface area contributed by atoms with Gasteiger partial charge < -0.3 is 0 Å². The molecular weight excluding hydrogens is 224 g/mol. The van der Waals surface area contributed by atoms with Gasteiger partial charge in [-0.05, 0) is 19.4 Å². The Hall–Kier alpha value is -0.0800. The molecule has 0 bridgehead atoms. The van der Waals surface area contributed by atoms with E-state index in [0.717, 1.165) is 6.42 Å². The molecule has 4 heteroatoms. The van der Waals surface area contributed by atoms with E-state index in [1.807, 2.05) is 20.8 Å². The van der Waals surface area contributed by atoms with Crippen molar-refractivity contribution in [3.05, 3.63) is 11.9 Å². The molecule has 0 aliphatic rings. The van der Waals surface area contributed by atoms with Crippen LogP contribution in [0.3, 0.4) is 0 Å². The van der Waals surface area contributed by atoms with E-state index in [9.17, 15) is 4.39 Å². The summed E-state index contributed by atoms with van der Waals surface area (Å²) in [4.78, 5) is 3.89. The van der Waals surface area contributed by atoms with Gasteiger partial charge in [0.05, 0.1) is 0 Å². The number of hydrogen-bond donors (Lipinski definition) is 0. The fraction of sp³-hybridized carbons (Fsp3) is 0.700. The molecule has 0 rings (SSSR count). The second-order valence-corrected chi connectivity index (χ2v) is 4.51. The van der Waals surface area contributed by atoms with Gasteiger partial charge in [-0.2, -0.15) is 0 Å². The quantitative estimate of drug-likeness (QED) is 0.389. The van der Waals surface area contributed by atoms with E-state index < -0.39 is 11.3 Å². The molecule has 0 aromatic carbocycles. The standard InChI is InChI=1S/C10H16Cl2FN/c1-5-7(13)8(11)14-9(12)10(3,4)6-2/h5,9H,6H2,1-4H3. The lowest BCUT2D eigenvalue weighted by molar-refractivity contribution is 0.338. The highest BCUT2D eigenvalue weighted by atomic mass is 35.5. The highest BCUT2D eigenvalue weighted by molar-refractivity contribution is 6.69. The summed E-state index contributed by atoms with van der Waals surface area (Å²) in [5.41, 5.74) is -0.693. The van der Waals surface area contributed by atoms with Gasteiger partial charge in [0.2, 0.25) is 0 Å². The lowest BCUT2D eigenvalue weighted by Gasteiger charge is -2.25. The minimum absolute atomic E-state index is 0.158. The van der Waals surface area contributed by atoms with Crippen molar-refractivity contribution in [2.45, 2.75) is 39.6 Å². The fourth-order valence-electron chi connectivity index (χ4n) is 0.623. The van der Waals surface area contributed by atoms with Crippen LogP contribution in [0.4, 0.5) is 4.39 Å². The summed E-state index contributed by atoms with van der Waals surface area (Å²) in [7, 11) is 0. The Morgan fingerprint density at radius 1 is 1.57 bits per heavy atom. The lowest BCUT2D eigenvalue weighted by atomic mass is 9.90. The Balaban J connectivity index is 4.67. The minimum atomic E-state index is -0.538. The Morgan fingerprint density at radius 3 is 2.43 bits per heavy atom. The fourth-order valence-corrected chi connectivity index (χ4v) is 1.13. The molecule has 0 fully saturated rings. The average Bonchev–Trinajstić information content (AvgIpc) is 2.16. The summed E-state index contributed by atoms with van der Waals surface area (Å²) in [6, 6.07) is 0. The summed E-state index contributed by atoms with van der Waals surface area (Å²) in [5, 5.41) is -0.158. The first-order valence-electron chi connectivity index (χ1n) is 4.54. The molecule has 0 heterocycles. The van der Waals surface area contributed by atoms with Gasteiger partial charge >= 0.3 is 0 Å². The molecule has 14 heavy (non-hydrogen) atoms. The van der Waals surface area contributed by atoms with E-state index in [1.165, 1.54) is 6.08 Å². The molecule has 0 saturated heterocycles. The maximum absolute atomic E-state index is 12.9. The second-order valence-electron chi connectivity index (χ2n) is 3.73. The SMILES string of the molecule is CC=C(F)C(Cl)=NC(Cl)C(C)(C)CC. The second kappa shape index (κ2) is 5.72. The number of allylic oxidation sites excluding steroid dienone is 2. The lowest BCUT2D eigenvalue weighted by Crippen LogP contribution is -2.22. The molecule has 0 aliphatic carbocycles. The Morgan fingerprint density at radius 2 is 2.07 bits per heavy atom. The summed E-state index contributed by atoms with van der Waals surface area (Å²) in [6.07, 6.45) is 2.11. The molecule has 0 saturated carbocycles. The van der Waals surface area contributed by atoms with Crippen LogP contribution in [0.5, 0.6) is 0 Å². The van der Waals surface area contributed by atoms with Gasteiger partial charge in [-0.15, -0.1) is 0 Å². The monoisotopic (exact) mass is 239 g/mol. The zero-order valence-electron chi connectivity index (χ0n) is 8.94. The van der Waals surface area contributed by atoms with Gasteiger partial charge in [0.25, 0.3) is 0 Å². The number of hydrogen-bond acceptors (Lipinski definition) is 1. The molecule has 0 spiro atoms. The van der Waals surface area contributed by atoms with E-state index in [-0.39, 0.29) is 10.6 Å². The minimum Gasteiger partial charge on any atom is -0.250 e. The van der Waals surface area contributed by atoms with Crippen molar-refractivity contribution in [1.82, 2.24) is 0 Å². The van der Waals surface area contributed by atoms with Crippen LogP contribution in [0.15, 0.2) is 16.9 Å². The van der Waals surface area contributed by atoms with E-state index in [1.54, 1.807) is 6.92 Å². The van der Waals surface area contributed by atoms with Gasteiger partial charge in [-0.1, -0.05) is 44.0 Å². The zero-order valence-corrected chi connectivity index (χ0v) is 10.5. The predicted octanol–water partition coefficient (Wildman–Crippen LogP) is 4.50. The van der Waals surface area contributed by atoms with E-state index in [4.69, 9.17) is 23.2 Å². The molecular formula is C10H16Cl2FN. The van der Waals surface area contributed by atoms with Crippen LogP contribution in [0.1, 0.15) is 34.1 Å². The average molecular weight is 240 g/mol. The van der Waals surface area contributed by atoms with Gasteiger partial charge in [0.15, 0.2) is 11.0 Å². The van der Waals surface area contributed by atoms with Crippen LogP contribution in [0.2, 0.25) is 0 Å². The third kappa shape index (κ3) is 3.97. The molecule has 1 nitrogen and oxygen atoms in total. The molecule has 0 radical (unpaired) electrons. The van der Waals surface area contributed by atoms with Gasteiger partial charge in [-0.25, -0.2) is 4.39 Å². The largest absolute Gasteiger partial charge is 0.250 e. The van der Waals surface area contributed by atoms with Crippen molar-refractivity contribution in [2.24, 2.45) is 10.4 Å². The normalized spacial score (nSPS) is 17.1. The van der Waals surface area contributed by atoms with E-state index in [2.05, 4.69) is 4.99 Å². The Bertz CT molecular complexity index is 247. The highest BCUT2D eigenvalue weighted by Gasteiger charge is 2.25. The summed E-state index contributed by atoms with van der Waals surface area (Å²) in [5.74, 6) is -0.538. The summed E-state index contributed by atoms with van der Waals surface area (Å²) >= 11 is 11.6. The molecule has 0 N–H and O–H groups in total. The Kier molecular flexibility index (Phi) is 5.68. The number of rotatable bonds is 4. The number of halogens is 3. The van der Waals surface area contributed by atoms with Crippen LogP contribution in [-0.2, 0) is 0 Å². The third-order valence-corrected chi connectivity index (χ3v) is 3.20.